The Morgan fingerprint density at radius 2 is 1.16 bits per heavy atom. The summed E-state index contributed by atoms with van der Waals surface area (Å²) >= 11 is 1.75. The van der Waals surface area contributed by atoms with Crippen LogP contribution in [0.2, 0.25) is 0 Å². The van der Waals surface area contributed by atoms with Gasteiger partial charge in [0.25, 0.3) is 0 Å². The van der Waals surface area contributed by atoms with Gasteiger partial charge in [0.05, 0.1) is 16.1 Å². The minimum atomic E-state index is -0.845. The number of benzene rings is 2. The summed E-state index contributed by atoms with van der Waals surface area (Å²) in [6.45, 7) is 4.38. The highest BCUT2D eigenvalue weighted by Crippen LogP contribution is 2.48. The molecule has 0 aliphatic heterocycles. The summed E-state index contributed by atoms with van der Waals surface area (Å²) in [6, 6.07) is 20.5. The molecule has 6 heteroatoms. The summed E-state index contributed by atoms with van der Waals surface area (Å²) in [6.07, 6.45) is 6.25. The fraction of sp³-hybridized carbons (Fsp3) is 0.308. The minimum Gasteiger partial charge on any atom is -0.364 e. The van der Waals surface area contributed by atoms with Gasteiger partial charge in [-0.25, -0.2) is 9.97 Å². The molecule has 0 saturated carbocycles. The standard InChI is InChI=1S/C26H30N4OS/c1-25(2,32-6)26(31-5,21-17-29(3)23(27-21)19-13-9-7-10-14-19)22-18-30(4)24(28-22)20-15-11-8-12-16-20/h7-18H,1-6H3. The van der Waals surface area contributed by atoms with Gasteiger partial charge in [0, 0.05) is 44.7 Å². The van der Waals surface area contributed by atoms with Gasteiger partial charge in [-0.1, -0.05) is 60.7 Å². The van der Waals surface area contributed by atoms with Crippen LogP contribution in [-0.4, -0.2) is 37.2 Å². The molecule has 0 amide bonds. The Balaban J connectivity index is 1.93. The van der Waals surface area contributed by atoms with Crippen molar-refractivity contribution in [3.8, 4) is 22.8 Å². The fourth-order valence-electron chi connectivity index (χ4n) is 4.33. The Bertz CT molecular complexity index is 1110. The fourth-order valence-corrected chi connectivity index (χ4v) is 4.91. The molecular weight excluding hydrogens is 416 g/mol. The number of ether oxygens (including phenoxy) is 1. The average Bonchev–Trinajstić information content (AvgIpc) is 3.39. The van der Waals surface area contributed by atoms with Crippen LogP contribution in [0, 0.1) is 0 Å². The molecule has 2 aromatic heterocycles. The van der Waals surface area contributed by atoms with Crippen molar-refractivity contribution in [2.75, 3.05) is 13.4 Å². The van der Waals surface area contributed by atoms with E-state index < -0.39 is 5.60 Å². The molecule has 0 N–H and O–H groups in total. The van der Waals surface area contributed by atoms with Gasteiger partial charge in [-0.2, -0.15) is 11.8 Å². The number of hydrogen-bond acceptors (Lipinski definition) is 4. The number of nitrogens with zero attached hydrogens (tertiary/aromatic N) is 4. The zero-order valence-electron chi connectivity index (χ0n) is 19.5. The van der Waals surface area contributed by atoms with E-state index in [9.17, 15) is 0 Å². The molecule has 0 unspecified atom stereocenters. The first kappa shape index (κ1) is 22.4. The van der Waals surface area contributed by atoms with E-state index in [-0.39, 0.29) is 4.75 Å². The van der Waals surface area contributed by atoms with Crippen LogP contribution < -0.4 is 0 Å². The maximum Gasteiger partial charge on any atom is 0.168 e. The van der Waals surface area contributed by atoms with Crippen molar-refractivity contribution in [1.29, 1.82) is 0 Å². The van der Waals surface area contributed by atoms with Gasteiger partial charge in [-0.15, -0.1) is 0 Å². The molecule has 32 heavy (non-hydrogen) atoms. The van der Waals surface area contributed by atoms with Crippen LogP contribution >= 0.6 is 11.8 Å². The minimum absolute atomic E-state index is 0.341. The molecule has 0 bridgehead atoms. The second kappa shape index (κ2) is 8.60. The van der Waals surface area contributed by atoms with E-state index in [0.29, 0.717) is 0 Å². The van der Waals surface area contributed by atoms with Crippen molar-refractivity contribution in [2.24, 2.45) is 14.1 Å². The SMILES string of the molecule is COC(c1cn(C)c(-c2ccccc2)n1)(c1cn(C)c(-c2ccccc2)n1)C(C)(C)SC. The summed E-state index contributed by atoms with van der Waals surface area (Å²) in [5.41, 5.74) is 2.98. The first-order valence-corrected chi connectivity index (χ1v) is 11.9. The van der Waals surface area contributed by atoms with E-state index in [0.717, 1.165) is 34.2 Å². The largest absolute Gasteiger partial charge is 0.364 e. The number of aryl methyl sites for hydroxylation is 2. The molecule has 0 aliphatic carbocycles. The third kappa shape index (κ3) is 3.57. The average molecular weight is 447 g/mol. The second-order valence-corrected chi connectivity index (χ2v) is 9.88. The monoisotopic (exact) mass is 446 g/mol. The molecule has 4 aromatic rings. The molecule has 0 radical (unpaired) electrons. The molecule has 166 valence electrons. The lowest BCUT2D eigenvalue weighted by molar-refractivity contribution is -0.00968. The summed E-state index contributed by atoms with van der Waals surface area (Å²) in [7, 11) is 5.81. The van der Waals surface area contributed by atoms with Gasteiger partial charge in [0.2, 0.25) is 0 Å². The Morgan fingerprint density at radius 1 is 0.750 bits per heavy atom. The number of thioether (sulfide) groups is 1. The van der Waals surface area contributed by atoms with Crippen molar-refractivity contribution < 1.29 is 4.74 Å². The molecule has 0 atom stereocenters. The van der Waals surface area contributed by atoms with Crippen molar-refractivity contribution in [2.45, 2.75) is 24.2 Å². The van der Waals surface area contributed by atoms with Gasteiger partial charge >= 0.3 is 0 Å². The van der Waals surface area contributed by atoms with Gasteiger partial charge in [-0.3, -0.25) is 0 Å². The number of rotatable bonds is 7. The van der Waals surface area contributed by atoms with Gasteiger partial charge in [-0.05, 0) is 20.1 Å². The number of aromatic nitrogens is 4. The Morgan fingerprint density at radius 3 is 1.50 bits per heavy atom. The predicted octanol–water partition coefficient (Wildman–Crippen LogP) is 5.52. The van der Waals surface area contributed by atoms with E-state index in [4.69, 9.17) is 14.7 Å². The van der Waals surface area contributed by atoms with Crippen molar-refractivity contribution >= 4 is 11.8 Å². The molecular formula is C26H30N4OS. The van der Waals surface area contributed by atoms with Gasteiger partial charge < -0.3 is 13.9 Å². The maximum absolute atomic E-state index is 6.40. The van der Waals surface area contributed by atoms with Gasteiger partial charge in [0.1, 0.15) is 11.6 Å². The van der Waals surface area contributed by atoms with E-state index in [1.54, 1.807) is 18.9 Å². The van der Waals surface area contributed by atoms with Crippen LogP contribution in [0.3, 0.4) is 0 Å². The highest BCUT2D eigenvalue weighted by Gasteiger charge is 2.52. The lowest BCUT2D eigenvalue weighted by Gasteiger charge is -2.42. The Kier molecular flexibility index (Phi) is 6.01. The highest BCUT2D eigenvalue weighted by atomic mass is 32.2. The molecule has 2 heterocycles. The smallest absolute Gasteiger partial charge is 0.168 e. The van der Waals surface area contributed by atoms with Crippen LogP contribution in [-0.2, 0) is 24.4 Å². The van der Waals surface area contributed by atoms with Crippen molar-refractivity contribution in [3.63, 3.8) is 0 Å². The summed E-state index contributed by atoms with van der Waals surface area (Å²) in [5, 5.41) is 0. The van der Waals surface area contributed by atoms with E-state index >= 15 is 0 Å². The van der Waals surface area contributed by atoms with Crippen LogP contribution in [0.1, 0.15) is 25.2 Å². The van der Waals surface area contributed by atoms with Gasteiger partial charge in [0.15, 0.2) is 5.60 Å². The zero-order chi connectivity index (χ0) is 22.9. The molecule has 0 saturated heterocycles. The quantitative estimate of drug-likeness (QED) is 0.375. The Labute approximate surface area is 194 Å². The van der Waals surface area contributed by atoms with Crippen molar-refractivity contribution in [3.05, 3.63) is 84.4 Å². The summed E-state index contributed by atoms with van der Waals surface area (Å²) in [4.78, 5) is 10.2. The molecule has 0 spiro atoms. The van der Waals surface area contributed by atoms with Crippen LogP contribution in [0.5, 0.6) is 0 Å². The van der Waals surface area contributed by atoms with E-state index in [2.05, 4.69) is 65.9 Å². The number of hydrogen-bond donors (Lipinski definition) is 0. The molecule has 4 rings (SSSR count). The van der Waals surface area contributed by atoms with Crippen molar-refractivity contribution in [1.82, 2.24) is 19.1 Å². The Hall–Kier alpha value is -2.83. The second-order valence-electron chi connectivity index (χ2n) is 8.45. The first-order chi connectivity index (χ1) is 15.3. The van der Waals surface area contributed by atoms with E-state index in [1.165, 1.54) is 0 Å². The van der Waals surface area contributed by atoms with E-state index in [1.807, 2.05) is 50.5 Å². The highest BCUT2D eigenvalue weighted by molar-refractivity contribution is 8.00. The third-order valence-corrected chi connectivity index (χ3v) is 7.51. The molecule has 0 fully saturated rings. The molecule has 5 nitrogen and oxygen atoms in total. The topological polar surface area (TPSA) is 44.9 Å². The third-order valence-electron chi connectivity index (χ3n) is 6.20. The predicted molar refractivity (Wildman–Crippen MR) is 133 cm³/mol. The zero-order valence-corrected chi connectivity index (χ0v) is 20.4. The maximum atomic E-state index is 6.40. The van der Waals surface area contributed by atoms with Crippen LogP contribution in [0.4, 0.5) is 0 Å². The number of methoxy groups -OCH3 is 1. The number of imidazole rings is 2. The molecule has 0 aliphatic rings. The summed E-state index contributed by atoms with van der Waals surface area (Å²) in [5.74, 6) is 1.80. The van der Waals surface area contributed by atoms with Crippen LogP contribution in [0.25, 0.3) is 22.8 Å². The summed E-state index contributed by atoms with van der Waals surface area (Å²) < 4.78 is 10.2. The lowest BCUT2D eigenvalue weighted by atomic mass is 9.83. The van der Waals surface area contributed by atoms with Crippen LogP contribution in [0.15, 0.2) is 73.1 Å². The normalized spacial score (nSPS) is 12.3. The first-order valence-electron chi connectivity index (χ1n) is 10.6. The lowest BCUT2D eigenvalue weighted by Crippen LogP contribution is -2.48. The molecule has 2 aromatic carbocycles.